The Bertz CT molecular complexity index is 299. The molecular weight excluding hydrogens is 238 g/mol. The van der Waals surface area contributed by atoms with Gasteiger partial charge in [0.1, 0.15) is 11.5 Å². The molecule has 1 rings (SSSR count). The lowest BCUT2D eigenvalue weighted by molar-refractivity contribution is 0.0930. The van der Waals surface area contributed by atoms with Crippen molar-refractivity contribution in [2.24, 2.45) is 5.92 Å². The standard InChI is InChI=1S/C13H23NO2.ClH/c1-10(2)8-15-9-11(3)14-7-13-6-5-12(4)16-13;/h5-6,10-11,14H,7-9H2,1-4H3;1H. The average Bonchev–Trinajstić information content (AvgIpc) is 2.61. The molecule has 1 heterocycles. The quantitative estimate of drug-likeness (QED) is 0.819. The first-order chi connectivity index (χ1) is 7.58. The topological polar surface area (TPSA) is 34.4 Å². The Morgan fingerprint density at radius 1 is 1.24 bits per heavy atom. The van der Waals surface area contributed by atoms with Gasteiger partial charge in [0.15, 0.2) is 0 Å². The summed E-state index contributed by atoms with van der Waals surface area (Å²) in [7, 11) is 0. The van der Waals surface area contributed by atoms with Crippen molar-refractivity contribution in [3.05, 3.63) is 23.7 Å². The largest absolute Gasteiger partial charge is 0.465 e. The number of hydrogen-bond donors (Lipinski definition) is 1. The van der Waals surface area contributed by atoms with Crippen molar-refractivity contribution in [1.82, 2.24) is 5.32 Å². The Morgan fingerprint density at radius 2 is 1.94 bits per heavy atom. The van der Waals surface area contributed by atoms with Crippen molar-refractivity contribution in [2.45, 2.75) is 40.3 Å². The van der Waals surface area contributed by atoms with Gasteiger partial charge in [-0.3, -0.25) is 0 Å². The van der Waals surface area contributed by atoms with E-state index < -0.39 is 0 Å². The minimum absolute atomic E-state index is 0. The first kappa shape index (κ1) is 16.5. The molecule has 1 N–H and O–H groups in total. The van der Waals surface area contributed by atoms with E-state index in [1.54, 1.807) is 0 Å². The summed E-state index contributed by atoms with van der Waals surface area (Å²) in [6.07, 6.45) is 0. The van der Waals surface area contributed by atoms with Crippen LogP contribution >= 0.6 is 12.4 Å². The molecule has 1 aromatic rings. The third-order valence-electron chi connectivity index (χ3n) is 2.24. The number of nitrogens with one attached hydrogen (secondary N) is 1. The summed E-state index contributed by atoms with van der Waals surface area (Å²) in [5, 5.41) is 3.37. The highest BCUT2D eigenvalue weighted by Crippen LogP contribution is 2.05. The number of ether oxygens (including phenoxy) is 1. The Morgan fingerprint density at radius 3 is 2.47 bits per heavy atom. The normalized spacial score (nSPS) is 12.5. The molecule has 17 heavy (non-hydrogen) atoms. The smallest absolute Gasteiger partial charge is 0.117 e. The second-order valence-electron chi connectivity index (χ2n) is 4.73. The van der Waals surface area contributed by atoms with Crippen LogP contribution in [0.2, 0.25) is 0 Å². The molecule has 0 bridgehead atoms. The average molecular weight is 262 g/mol. The summed E-state index contributed by atoms with van der Waals surface area (Å²) in [6.45, 7) is 10.7. The highest BCUT2D eigenvalue weighted by Gasteiger charge is 2.04. The molecule has 1 atom stereocenters. The minimum atomic E-state index is 0. The SMILES string of the molecule is Cc1ccc(CNC(C)COCC(C)C)o1.Cl. The van der Waals surface area contributed by atoms with Crippen LogP contribution in [0.5, 0.6) is 0 Å². The molecule has 0 aliphatic carbocycles. The molecule has 0 amide bonds. The van der Waals surface area contributed by atoms with E-state index in [0.29, 0.717) is 12.0 Å². The van der Waals surface area contributed by atoms with Crippen molar-refractivity contribution in [2.75, 3.05) is 13.2 Å². The van der Waals surface area contributed by atoms with Crippen molar-refractivity contribution in [3.8, 4) is 0 Å². The van der Waals surface area contributed by atoms with Crippen LogP contribution < -0.4 is 5.32 Å². The Kier molecular flexibility index (Phi) is 8.30. The van der Waals surface area contributed by atoms with Crippen LogP contribution in [-0.4, -0.2) is 19.3 Å². The predicted octanol–water partition coefficient (Wildman–Crippen LogP) is 3.16. The van der Waals surface area contributed by atoms with E-state index in [-0.39, 0.29) is 12.4 Å². The van der Waals surface area contributed by atoms with E-state index in [2.05, 4.69) is 26.1 Å². The van der Waals surface area contributed by atoms with Crippen molar-refractivity contribution < 1.29 is 9.15 Å². The Hall–Kier alpha value is -0.510. The molecule has 0 saturated heterocycles. The summed E-state index contributed by atoms with van der Waals surface area (Å²) >= 11 is 0. The lowest BCUT2D eigenvalue weighted by atomic mass is 10.2. The van der Waals surface area contributed by atoms with E-state index >= 15 is 0 Å². The molecule has 0 aliphatic rings. The maximum Gasteiger partial charge on any atom is 0.117 e. The number of hydrogen-bond acceptors (Lipinski definition) is 3. The van der Waals surface area contributed by atoms with Gasteiger partial charge >= 0.3 is 0 Å². The molecular formula is C13H24ClNO2. The number of rotatable bonds is 7. The van der Waals surface area contributed by atoms with Gasteiger partial charge in [0.2, 0.25) is 0 Å². The summed E-state index contributed by atoms with van der Waals surface area (Å²) in [6, 6.07) is 4.34. The van der Waals surface area contributed by atoms with Crippen LogP contribution in [0.15, 0.2) is 16.5 Å². The first-order valence-corrected chi connectivity index (χ1v) is 5.94. The molecule has 3 nitrogen and oxygen atoms in total. The summed E-state index contributed by atoms with van der Waals surface area (Å²) in [4.78, 5) is 0. The number of halogens is 1. The molecule has 1 unspecified atom stereocenters. The van der Waals surface area contributed by atoms with Crippen molar-refractivity contribution >= 4 is 12.4 Å². The van der Waals surface area contributed by atoms with Gasteiger partial charge in [-0.05, 0) is 31.9 Å². The molecule has 0 aliphatic heterocycles. The molecule has 0 fully saturated rings. The zero-order chi connectivity index (χ0) is 12.0. The Labute approximate surface area is 110 Å². The maximum atomic E-state index is 5.56. The molecule has 0 spiro atoms. The van der Waals surface area contributed by atoms with Gasteiger partial charge in [0, 0.05) is 12.6 Å². The van der Waals surface area contributed by atoms with E-state index in [0.717, 1.165) is 31.3 Å². The minimum Gasteiger partial charge on any atom is -0.465 e. The predicted molar refractivity (Wildman–Crippen MR) is 72.7 cm³/mol. The molecule has 0 radical (unpaired) electrons. The monoisotopic (exact) mass is 261 g/mol. The molecule has 100 valence electrons. The summed E-state index contributed by atoms with van der Waals surface area (Å²) < 4.78 is 11.0. The van der Waals surface area contributed by atoms with Crippen molar-refractivity contribution in [1.29, 1.82) is 0 Å². The van der Waals surface area contributed by atoms with Crippen LogP contribution in [0.3, 0.4) is 0 Å². The highest BCUT2D eigenvalue weighted by atomic mass is 35.5. The van der Waals surface area contributed by atoms with E-state index in [1.165, 1.54) is 0 Å². The van der Waals surface area contributed by atoms with Gasteiger partial charge in [-0.25, -0.2) is 0 Å². The summed E-state index contributed by atoms with van der Waals surface area (Å²) in [5.41, 5.74) is 0. The highest BCUT2D eigenvalue weighted by molar-refractivity contribution is 5.85. The van der Waals surface area contributed by atoms with E-state index in [9.17, 15) is 0 Å². The fraction of sp³-hybridized carbons (Fsp3) is 0.692. The van der Waals surface area contributed by atoms with Gasteiger partial charge in [0.05, 0.1) is 13.2 Å². The molecule has 0 saturated carbocycles. The van der Waals surface area contributed by atoms with Crippen LogP contribution in [0.25, 0.3) is 0 Å². The van der Waals surface area contributed by atoms with Crippen LogP contribution in [0.1, 0.15) is 32.3 Å². The fourth-order valence-electron chi connectivity index (χ4n) is 1.39. The first-order valence-electron chi connectivity index (χ1n) is 5.94. The molecule has 1 aromatic heterocycles. The van der Waals surface area contributed by atoms with Gasteiger partial charge in [-0.2, -0.15) is 0 Å². The lowest BCUT2D eigenvalue weighted by Crippen LogP contribution is -2.30. The fourth-order valence-corrected chi connectivity index (χ4v) is 1.39. The zero-order valence-corrected chi connectivity index (χ0v) is 12.0. The second kappa shape index (κ2) is 8.56. The van der Waals surface area contributed by atoms with Gasteiger partial charge in [-0.15, -0.1) is 12.4 Å². The summed E-state index contributed by atoms with van der Waals surface area (Å²) in [5.74, 6) is 2.54. The third kappa shape index (κ3) is 7.42. The van der Waals surface area contributed by atoms with Gasteiger partial charge < -0.3 is 14.5 Å². The van der Waals surface area contributed by atoms with Crippen LogP contribution in [-0.2, 0) is 11.3 Å². The Balaban J connectivity index is 0.00000256. The lowest BCUT2D eigenvalue weighted by Gasteiger charge is -2.14. The zero-order valence-electron chi connectivity index (χ0n) is 11.2. The second-order valence-corrected chi connectivity index (χ2v) is 4.73. The van der Waals surface area contributed by atoms with Crippen LogP contribution in [0.4, 0.5) is 0 Å². The van der Waals surface area contributed by atoms with E-state index in [4.69, 9.17) is 9.15 Å². The number of aryl methyl sites for hydroxylation is 1. The van der Waals surface area contributed by atoms with Crippen molar-refractivity contribution in [3.63, 3.8) is 0 Å². The van der Waals surface area contributed by atoms with Gasteiger partial charge in [-0.1, -0.05) is 13.8 Å². The van der Waals surface area contributed by atoms with Crippen LogP contribution in [0, 0.1) is 12.8 Å². The molecule has 0 aromatic carbocycles. The maximum absolute atomic E-state index is 5.56. The number of furan rings is 1. The third-order valence-corrected chi connectivity index (χ3v) is 2.24. The molecule has 4 heteroatoms. The van der Waals surface area contributed by atoms with E-state index in [1.807, 2.05) is 19.1 Å². The van der Waals surface area contributed by atoms with Gasteiger partial charge in [0.25, 0.3) is 0 Å².